The molecule has 1 N–H and O–H groups in total. The van der Waals surface area contributed by atoms with Crippen molar-refractivity contribution in [3.63, 3.8) is 0 Å². The second kappa shape index (κ2) is 6.71. The highest BCUT2D eigenvalue weighted by Gasteiger charge is 2.40. The van der Waals surface area contributed by atoms with Gasteiger partial charge in [0.05, 0.1) is 0 Å². The highest BCUT2D eigenvalue weighted by atomic mass is 16.2. The fourth-order valence-electron chi connectivity index (χ4n) is 2.65. The number of benzene rings is 1. The lowest BCUT2D eigenvalue weighted by molar-refractivity contribution is -0.147. The average Bonchev–Trinajstić information content (AvgIpc) is 2.50. The Morgan fingerprint density at radius 3 is 2.30 bits per heavy atom. The molecule has 0 saturated carbocycles. The van der Waals surface area contributed by atoms with Crippen molar-refractivity contribution in [3.05, 3.63) is 29.3 Å². The third-order valence-corrected chi connectivity index (χ3v) is 4.53. The van der Waals surface area contributed by atoms with Gasteiger partial charge in [-0.2, -0.15) is 0 Å². The zero-order chi connectivity index (χ0) is 17.2. The van der Waals surface area contributed by atoms with E-state index in [9.17, 15) is 9.59 Å². The van der Waals surface area contributed by atoms with Gasteiger partial charge in [-0.1, -0.05) is 12.1 Å². The summed E-state index contributed by atoms with van der Waals surface area (Å²) in [5.74, 6) is -0.358. The summed E-state index contributed by atoms with van der Waals surface area (Å²) in [7, 11) is 2.04. The first-order chi connectivity index (χ1) is 10.7. The van der Waals surface area contributed by atoms with Gasteiger partial charge in [0.2, 0.25) is 11.8 Å². The van der Waals surface area contributed by atoms with E-state index in [1.165, 1.54) is 0 Å². The Labute approximate surface area is 138 Å². The van der Waals surface area contributed by atoms with Crippen LogP contribution in [0, 0.1) is 19.3 Å². The van der Waals surface area contributed by atoms with Gasteiger partial charge in [0.1, 0.15) is 5.41 Å². The third kappa shape index (κ3) is 3.91. The zero-order valence-corrected chi connectivity index (χ0v) is 14.8. The van der Waals surface area contributed by atoms with Crippen molar-refractivity contribution >= 4 is 17.5 Å². The molecule has 0 radical (unpaired) electrons. The normalized spacial score (nSPS) is 16.3. The van der Waals surface area contributed by atoms with Gasteiger partial charge >= 0.3 is 0 Å². The number of aryl methyl sites for hydroxylation is 2. The molecule has 0 aliphatic carbocycles. The third-order valence-electron chi connectivity index (χ3n) is 4.53. The quantitative estimate of drug-likeness (QED) is 0.868. The molecule has 1 aliphatic heterocycles. The van der Waals surface area contributed by atoms with Crippen LogP contribution < -0.4 is 5.32 Å². The summed E-state index contributed by atoms with van der Waals surface area (Å²) in [6.07, 6.45) is 0. The molecule has 1 saturated heterocycles. The van der Waals surface area contributed by atoms with Crippen LogP contribution in [0.4, 0.5) is 5.69 Å². The summed E-state index contributed by atoms with van der Waals surface area (Å²) in [5.41, 5.74) is 1.77. The number of carbonyl (C=O) groups is 2. The molecule has 2 amide bonds. The van der Waals surface area contributed by atoms with E-state index >= 15 is 0 Å². The lowest BCUT2D eigenvalue weighted by Crippen LogP contribution is -2.53. The van der Waals surface area contributed by atoms with E-state index in [2.05, 4.69) is 10.2 Å². The molecule has 1 fully saturated rings. The minimum absolute atomic E-state index is 0.103. The Morgan fingerprint density at radius 2 is 1.70 bits per heavy atom. The second-order valence-corrected chi connectivity index (χ2v) is 6.99. The van der Waals surface area contributed by atoms with Crippen molar-refractivity contribution in [1.82, 2.24) is 9.80 Å². The summed E-state index contributed by atoms with van der Waals surface area (Å²) in [6, 6.07) is 5.91. The molecule has 2 rings (SSSR count). The molecule has 0 bridgehead atoms. The van der Waals surface area contributed by atoms with Gasteiger partial charge in [-0.25, -0.2) is 0 Å². The molecular weight excluding hydrogens is 290 g/mol. The summed E-state index contributed by atoms with van der Waals surface area (Å²) in [4.78, 5) is 29.4. The Balaban J connectivity index is 2.10. The summed E-state index contributed by atoms with van der Waals surface area (Å²) >= 11 is 0. The predicted molar refractivity (Wildman–Crippen MR) is 92.4 cm³/mol. The number of nitrogens with one attached hydrogen (secondary N) is 1. The molecule has 1 aromatic carbocycles. The van der Waals surface area contributed by atoms with Crippen LogP contribution in [0.2, 0.25) is 0 Å². The maximum atomic E-state index is 12.8. The van der Waals surface area contributed by atoms with Crippen LogP contribution in [0.1, 0.15) is 25.0 Å². The summed E-state index contributed by atoms with van der Waals surface area (Å²) in [5, 5.41) is 2.92. The van der Waals surface area contributed by atoms with Crippen molar-refractivity contribution in [2.75, 3.05) is 38.5 Å². The first-order valence-electron chi connectivity index (χ1n) is 8.08. The first-order valence-corrected chi connectivity index (χ1v) is 8.08. The number of nitrogens with zero attached hydrogens (tertiary/aromatic N) is 2. The van der Waals surface area contributed by atoms with Crippen molar-refractivity contribution in [3.8, 4) is 0 Å². The topological polar surface area (TPSA) is 52.7 Å². The Bertz CT molecular complexity index is 602. The molecule has 0 atom stereocenters. The van der Waals surface area contributed by atoms with Crippen LogP contribution in [0.25, 0.3) is 0 Å². The van der Waals surface area contributed by atoms with E-state index in [-0.39, 0.29) is 11.8 Å². The minimum atomic E-state index is -1.08. The monoisotopic (exact) mass is 317 g/mol. The number of piperazine rings is 1. The van der Waals surface area contributed by atoms with Crippen LogP contribution in [0.3, 0.4) is 0 Å². The average molecular weight is 317 g/mol. The van der Waals surface area contributed by atoms with E-state index in [1.54, 1.807) is 18.7 Å². The molecule has 0 aromatic heterocycles. The fourth-order valence-corrected chi connectivity index (χ4v) is 2.65. The Hall–Kier alpha value is -1.88. The van der Waals surface area contributed by atoms with E-state index in [0.717, 1.165) is 29.9 Å². The lowest BCUT2D eigenvalue weighted by Gasteiger charge is -2.36. The van der Waals surface area contributed by atoms with E-state index in [0.29, 0.717) is 13.1 Å². The predicted octanol–water partition coefficient (Wildman–Crippen LogP) is 2.04. The van der Waals surface area contributed by atoms with Crippen LogP contribution in [0.5, 0.6) is 0 Å². The number of hydrogen-bond acceptors (Lipinski definition) is 3. The van der Waals surface area contributed by atoms with Crippen LogP contribution in [-0.2, 0) is 9.59 Å². The molecule has 23 heavy (non-hydrogen) atoms. The first kappa shape index (κ1) is 17.5. The molecule has 0 unspecified atom stereocenters. The molecule has 0 spiro atoms. The van der Waals surface area contributed by atoms with E-state index in [4.69, 9.17) is 0 Å². The summed E-state index contributed by atoms with van der Waals surface area (Å²) < 4.78 is 0. The number of likely N-dealkylation sites (N-methyl/N-ethyl adjacent to an activating group) is 1. The molecule has 1 aliphatic rings. The lowest BCUT2D eigenvalue weighted by atomic mass is 9.89. The van der Waals surface area contributed by atoms with Crippen LogP contribution >= 0.6 is 0 Å². The van der Waals surface area contributed by atoms with Gasteiger partial charge in [-0.3, -0.25) is 9.59 Å². The van der Waals surface area contributed by atoms with E-state index < -0.39 is 5.41 Å². The Kier molecular flexibility index (Phi) is 5.09. The zero-order valence-electron chi connectivity index (χ0n) is 14.8. The number of anilines is 1. The largest absolute Gasteiger partial charge is 0.339 e. The van der Waals surface area contributed by atoms with E-state index in [1.807, 2.05) is 39.1 Å². The maximum Gasteiger partial charge on any atom is 0.239 e. The van der Waals surface area contributed by atoms with Crippen LogP contribution in [-0.4, -0.2) is 54.8 Å². The van der Waals surface area contributed by atoms with Gasteiger partial charge in [-0.15, -0.1) is 0 Å². The van der Waals surface area contributed by atoms with Crippen molar-refractivity contribution in [2.45, 2.75) is 27.7 Å². The van der Waals surface area contributed by atoms with Crippen LogP contribution in [0.15, 0.2) is 18.2 Å². The number of carbonyl (C=O) groups excluding carboxylic acids is 2. The number of rotatable bonds is 3. The minimum Gasteiger partial charge on any atom is -0.339 e. The maximum absolute atomic E-state index is 12.8. The smallest absolute Gasteiger partial charge is 0.239 e. The van der Waals surface area contributed by atoms with Gasteiger partial charge in [0.15, 0.2) is 0 Å². The van der Waals surface area contributed by atoms with Gasteiger partial charge < -0.3 is 15.1 Å². The standard InChI is InChI=1S/C18H27N3O2/c1-13-6-7-14(2)15(12-13)19-16(22)18(3,4)17(23)21-10-8-20(5)9-11-21/h6-7,12H,8-11H2,1-5H3,(H,19,22). The molecule has 1 aromatic rings. The molecule has 1 heterocycles. The fraction of sp³-hybridized carbons (Fsp3) is 0.556. The Morgan fingerprint density at radius 1 is 1.09 bits per heavy atom. The molecule has 5 heteroatoms. The van der Waals surface area contributed by atoms with Crippen molar-refractivity contribution in [1.29, 1.82) is 0 Å². The van der Waals surface area contributed by atoms with Gasteiger partial charge in [-0.05, 0) is 51.9 Å². The second-order valence-electron chi connectivity index (χ2n) is 6.99. The summed E-state index contributed by atoms with van der Waals surface area (Å²) in [6.45, 7) is 10.4. The highest BCUT2D eigenvalue weighted by Crippen LogP contribution is 2.24. The van der Waals surface area contributed by atoms with Crippen molar-refractivity contribution in [2.24, 2.45) is 5.41 Å². The number of hydrogen-bond donors (Lipinski definition) is 1. The van der Waals surface area contributed by atoms with Crippen molar-refractivity contribution < 1.29 is 9.59 Å². The molecule has 126 valence electrons. The molecular formula is C18H27N3O2. The SMILES string of the molecule is Cc1ccc(C)c(NC(=O)C(C)(C)C(=O)N2CCN(C)CC2)c1. The number of amides is 2. The molecule has 5 nitrogen and oxygen atoms in total. The highest BCUT2D eigenvalue weighted by molar-refractivity contribution is 6.10. The van der Waals surface area contributed by atoms with Gasteiger partial charge in [0.25, 0.3) is 0 Å². The van der Waals surface area contributed by atoms with Gasteiger partial charge in [0, 0.05) is 31.9 Å².